The van der Waals surface area contributed by atoms with Crippen LogP contribution in [0.3, 0.4) is 0 Å². The van der Waals surface area contributed by atoms with E-state index in [0.717, 1.165) is 36.2 Å². The van der Waals surface area contributed by atoms with E-state index in [2.05, 4.69) is 33.4 Å². The Labute approximate surface area is 204 Å². The van der Waals surface area contributed by atoms with Crippen LogP contribution in [0.15, 0.2) is 36.4 Å². The zero-order valence-corrected chi connectivity index (χ0v) is 20.3. The molecule has 0 saturated carbocycles. The van der Waals surface area contributed by atoms with Crippen molar-refractivity contribution in [1.82, 2.24) is 15.2 Å². The Hall–Kier alpha value is -2.26. The smallest absolute Gasteiger partial charge is 0.323 e. The molecule has 5 rings (SSSR count). The van der Waals surface area contributed by atoms with Gasteiger partial charge < -0.3 is 14.5 Å². The number of halogens is 2. The van der Waals surface area contributed by atoms with Gasteiger partial charge in [-0.3, -0.25) is 9.69 Å². The summed E-state index contributed by atoms with van der Waals surface area (Å²) < 4.78 is 28.8. The van der Waals surface area contributed by atoms with E-state index in [-0.39, 0.29) is 30.6 Å². The molecule has 2 aromatic carbocycles. The minimum Gasteiger partial charge on any atom is -0.381 e. The van der Waals surface area contributed by atoms with E-state index >= 15 is 0 Å². The number of benzene rings is 2. The van der Waals surface area contributed by atoms with Crippen molar-refractivity contribution in [2.45, 2.75) is 32.4 Å². The van der Waals surface area contributed by atoms with Crippen LogP contribution in [0.5, 0.6) is 5.75 Å². The molecule has 2 N–H and O–H groups in total. The van der Waals surface area contributed by atoms with E-state index in [0.29, 0.717) is 16.7 Å². The summed E-state index contributed by atoms with van der Waals surface area (Å²) >= 11 is 5.47. The summed E-state index contributed by atoms with van der Waals surface area (Å²) in [5, 5.41) is 3.18. The molecule has 2 aliphatic rings. The second-order valence-corrected chi connectivity index (χ2v) is 10.5. The van der Waals surface area contributed by atoms with Crippen molar-refractivity contribution in [2.75, 3.05) is 18.3 Å². The van der Waals surface area contributed by atoms with Crippen molar-refractivity contribution in [2.24, 2.45) is 0 Å². The Bertz CT molecular complexity index is 1300. The molecule has 2 aliphatic heterocycles. The van der Waals surface area contributed by atoms with Gasteiger partial charge in [-0.25, -0.2) is 0 Å². The third-order valence-electron chi connectivity index (χ3n) is 6.10. The number of nitrogens with zero attached hydrogens (tertiary/aromatic N) is 1. The number of likely N-dealkylation sites (tertiary alicyclic amines) is 1. The first-order chi connectivity index (χ1) is 15.4. The Morgan fingerprint density at radius 1 is 1.06 bits per heavy atom. The van der Waals surface area contributed by atoms with E-state index in [1.807, 2.05) is 6.07 Å². The number of alkyl halides is 1. The first kappa shape index (κ1) is 23.9. The fourth-order valence-electron chi connectivity index (χ4n) is 4.58. The molecule has 33 heavy (non-hydrogen) atoms. The van der Waals surface area contributed by atoms with Gasteiger partial charge in [0.05, 0.1) is 5.56 Å². The summed E-state index contributed by atoms with van der Waals surface area (Å²) in [4.78, 5) is 18.5. The molecule has 1 fully saturated rings. The minimum absolute atomic E-state index is 0. The van der Waals surface area contributed by atoms with Crippen molar-refractivity contribution >= 4 is 50.9 Å². The van der Waals surface area contributed by atoms with E-state index in [9.17, 15) is 13.2 Å². The Morgan fingerprint density at radius 3 is 2.61 bits per heavy atom. The average Bonchev–Trinajstić information content (AvgIpc) is 3.38. The van der Waals surface area contributed by atoms with E-state index in [1.54, 1.807) is 12.1 Å². The minimum atomic E-state index is -3.91. The predicted molar refractivity (Wildman–Crippen MR) is 132 cm³/mol. The highest BCUT2D eigenvalue weighted by atomic mass is 35.5. The molecule has 3 aromatic rings. The van der Waals surface area contributed by atoms with Gasteiger partial charge in [0.2, 0.25) is 0 Å². The van der Waals surface area contributed by atoms with Gasteiger partial charge in [0.1, 0.15) is 5.75 Å². The van der Waals surface area contributed by atoms with Crippen molar-refractivity contribution in [1.29, 1.82) is 0 Å². The summed E-state index contributed by atoms with van der Waals surface area (Å²) in [6, 6.07) is 11.7. The second kappa shape index (κ2) is 9.54. The lowest BCUT2D eigenvalue weighted by atomic mass is 9.99. The zero-order chi connectivity index (χ0) is 22.3. The molecule has 0 aliphatic carbocycles. The number of hydrogen-bond acceptors (Lipinski definition) is 5. The van der Waals surface area contributed by atoms with Crippen LogP contribution in [0.4, 0.5) is 0 Å². The first-order valence-corrected chi connectivity index (χ1v) is 12.8. The van der Waals surface area contributed by atoms with Gasteiger partial charge in [-0.2, -0.15) is 8.42 Å². The molecule has 1 saturated heterocycles. The van der Waals surface area contributed by atoms with Crippen LogP contribution in [0.25, 0.3) is 22.2 Å². The molecule has 0 radical (unpaired) electrons. The fourth-order valence-corrected chi connectivity index (χ4v) is 5.19. The van der Waals surface area contributed by atoms with Crippen molar-refractivity contribution in [3.63, 3.8) is 0 Å². The monoisotopic (exact) mass is 509 g/mol. The number of carbonyl (C=O) groups excluding carboxylic acids is 1. The zero-order valence-electron chi connectivity index (χ0n) is 17.9. The second-order valence-electron chi connectivity index (χ2n) is 8.34. The lowest BCUT2D eigenvalue weighted by Crippen LogP contribution is -2.28. The number of hydrogen-bond donors (Lipinski definition) is 2. The summed E-state index contributed by atoms with van der Waals surface area (Å²) in [5.41, 5.74) is 4.70. The molecule has 7 nitrogen and oxygen atoms in total. The number of rotatable bonds is 6. The van der Waals surface area contributed by atoms with E-state index in [4.69, 9.17) is 15.8 Å². The van der Waals surface area contributed by atoms with Gasteiger partial charge in [-0.05, 0) is 61.8 Å². The van der Waals surface area contributed by atoms with Crippen LogP contribution < -0.4 is 9.50 Å². The lowest BCUT2D eigenvalue weighted by Gasteiger charge is -2.26. The Kier molecular flexibility index (Phi) is 6.91. The van der Waals surface area contributed by atoms with Crippen LogP contribution in [-0.2, 0) is 23.2 Å². The Balaban J connectivity index is 0.00000259. The van der Waals surface area contributed by atoms with Crippen molar-refractivity contribution in [3.05, 3.63) is 53.1 Å². The molecule has 10 heteroatoms. The van der Waals surface area contributed by atoms with Crippen LogP contribution in [0, 0.1) is 0 Å². The van der Waals surface area contributed by atoms with E-state index < -0.39 is 15.3 Å². The topological polar surface area (TPSA) is 91.5 Å². The molecule has 0 atom stereocenters. The molecule has 1 aromatic heterocycles. The van der Waals surface area contributed by atoms with Gasteiger partial charge in [0.25, 0.3) is 5.91 Å². The molecule has 3 heterocycles. The third-order valence-corrected chi connectivity index (χ3v) is 7.61. The van der Waals surface area contributed by atoms with Crippen LogP contribution in [0.1, 0.15) is 40.7 Å². The van der Waals surface area contributed by atoms with Crippen LogP contribution in [0.2, 0.25) is 0 Å². The fraction of sp³-hybridized carbons (Fsp3) is 0.348. The summed E-state index contributed by atoms with van der Waals surface area (Å²) in [5.74, 6) is -0.129. The number of nitrogens with one attached hydrogen (secondary N) is 2. The largest absolute Gasteiger partial charge is 0.381 e. The van der Waals surface area contributed by atoms with Gasteiger partial charge in [0.15, 0.2) is 5.21 Å². The number of fused-ring (bicyclic) bond motifs is 2. The summed E-state index contributed by atoms with van der Waals surface area (Å²) in [7, 11) is -3.91. The molecular formula is C23H25Cl2N3O4S. The number of aromatic nitrogens is 1. The van der Waals surface area contributed by atoms with Gasteiger partial charge in [-0.15, -0.1) is 24.0 Å². The highest BCUT2D eigenvalue weighted by Gasteiger charge is 2.29. The first-order valence-electron chi connectivity index (χ1n) is 10.7. The van der Waals surface area contributed by atoms with E-state index in [1.165, 1.54) is 24.8 Å². The highest BCUT2D eigenvalue weighted by Crippen LogP contribution is 2.36. The van der Waals surface area contributed by atoms with Crippen molar-refractivity contribution < 1.29 is 17.4 Å². The number of carbonyl (C=O) groups is 1. The SMILES string of the molecule is Cl.O=C1NCc2c(OS(=O)(=O)CCl)ccc(-c3cc4cc(CN5CCCCC5)ccc4[nH]3)c21. The number of aromatic amines is 1. The molecular weight excluding hydrogens is 485 g/mol. The number of H-pyrrole nitrogens is 1. The maximum atomic E-state index is 12.6. The van der Waals surface area contributed by atoms with Crippen molar-refractivity contribution in [3.8, 4) is 17.0 Å². The van der Waals surface area contributed by atoms with Crippen LogP contribution in [-0.4, -0.2) is 42.5 Å². The highest BCUT2D eigenvalue weighted by molar-refractivity contribution is 7.88. The average molecular weight is 510 g/mol. The molecule has 0 spiro atoms. The molecule has 1 amide bonds. The third kappa shape index (κ3) is 4.84. The number of piperidine rings is 1. The van der Waals surface area contributed by atoms with Gasteiger partial charge >= 0.3 is 10.1 Å². The normalized spacial score (nSPS) is 16.3. The Morgan fingerprint density at radius 2 is 1.85 bits per heavy atom. The quantitative estimate of drug-likeness (QED) is 0.379. The van der Waals surface area contributed by atoms with Crippen LogP contribution >= 0.6 is 24.0 Å². The van der Waals surface area contributed by atoms with Gasteiger partial charge in [-0.1, -0.05) is 12.5 Å². The summed E-state index contributed by atoms with van der Waals surface area (Å²) in [6.07, 6.45) is 3.83. The lowest BCUT2D eigenvalue weighted by molar-refractivity contribution is 0.0966. The van der Waals surface area contributed by atoms with Gasteiger partial charge in [0, 0.05) is 40.8 Å². The molecule has 0 unspecified atom stereocenters. The maximum Gasteiger partial charge on any atom is 0.323 e. The standard InChI is InChI=1S/C23H24ClN3O4S.ClH/c24-14-32(29,30)31-21-7-5-17(22-18(21)12-25-23(22)28)20-11-16-10-15(4-6-19(16)26-20)13-27-8-2-1-3-9-27;/h4-7,10-11,26H,1-3,8-9,12-14H2,(H,25,28);1H. The molecule has 0 bridgehead atoms. The number of amides is 1. The predicted octanol–water partition coefficient (Wildman–Crippen LogP) is 4.39. The molecule has 176 valence electrons. The maximum absolute atomic E-state index is 12.6. The summed E-state index contributed by atoms with van der Waals surface area (Å²) in [6.45, 7) is 3.43.